The van der Waals surface area contributed by atoms with E-state index in [1.807, 2.05) is 6.92 Å². The molecular weight excluding hydrogens is 554 g/mol. The summed E-state index contributed by atoms with van der Waals surface area (Å²) in [6, 6.07) is 19.6. The lowest BCUT2D eigenvalue weighted by molar-refractivity contribution is -0.114. The second-order valence-corrected chi connectivity index (χ2v) is 12.3. The summed E-state index contributed by atoms with van der Waals surface area (Å²) in [6.07, 6.45) is 1.44. The molecule has 0 unspecified atom stereocenters. The van der Waals surface area contributed by atoms with Gasteiger partial charge in [-0.2, -0.15) is 0 Å². The van der Waals surface area contributed by atoms with Gasteiger partial charge in [-0.05, 0) is 80.6 Å². The fraction of sp³-hybridized carbons (Fsp3) is 0.148. The Hall–Kier alpha value is -4.49. The van der Waals surface area contributed by atoms with Gasteiger partial charge in [0.25, 0.3) is 20.0 Å². The van der Waals surface area contributed by atoms with E-state index < -0.39 is 32.5 Å². The van der Waals surface area contributed by atoms with Crippen LogP contribution in [0, 0.1) is 13.8 Å². The van der Waals surface area contributed by atoms with Crippen LogP contribution in [0.3, 0.4) is 0 Å². The average molecular weight is 582 g/mol. The van der Waals surface area contributed by atoms with Crippen molar-refractivity contribution in [2.45, 2.75) is 23.6 Å². The second kappa shape index (κ2) is 11.7. The number of carbonyl (C=O) groups excluding carboxylic acids is 1. The summed E-state index contributed by atoms with van der Waals surface area (Å²) >= 11 is 0. The lowest BCUT2D eigenvalue weighted by atomic mass is 10.2. The maximum absolute atomic E-state index is 13.5. The Bertz CT molecular complexity index is 1710. The monoisotopic (exact) mass is 581 g/mol. The lowest BCUT2D eigenvalue weighted by Crippen LogP contribution is -2.38. The van der Waals surface area contributed by atoms with E-state index in [0.717, 1.165) is 9.87 Å². The van der Waals surface area contributed by atoms with Gasteiger partial charge in [-0.3, -0.25) is 9.10 Å². The second-order valence-electron chi connectivity index (χ2n) is 8.72. The number of hydrogen-bond acceptors (Lipinski definition) is 8. The first-order valence-electron chi connectivity index (χ1n) is 11.9. The molecule has 4 rings (SSSR count). The van der Waals surface area contributed by atoms with Crippen molar-refractivity contribution >= 4 is 43.3 Å². The third kappa shape index (κ3) is 6.74. The van der Waals surface area contributed by atoms with Gasteiger partial charge in [-0.15, -0.1) is 0 Å². The highest BCUT2D eigenvalue weighted by molar-refractivity contribution is 7.93. The number of sulfonamides is 2. The standard InChI is InChI=1S/C27H27N5O6S2/c1-19-4-12-25(13-5-19)40(36,37)32(22-8-10-23(38-3)11-9-22)18-26(33)30-21-6-14-24(15-7-21)39(34,35)31-27-28-17-16-20(2)29-27/h4-17H,18H2,1-3H3,(H,30,33)(H,28,29,31). The van der Waals surface area contributed by atoms with E-state index in [9.17, 15) is 21.6 Å². The van der Waals surface area contributed by atoms with Crippen LogP contribution in [0.1, 0.15) is 11.3 Å². The van der Waals surface area contributed by atoms with Gasteiger partial charge in [-0.1, -0.05) is 17.7 Å². The molecule has 1 amide bonds. The Kier molecular flexibility index (Phi) is 8.35. The van der Waals surface area contributed by atoms with E-state index in [-0.39, 0.29) is 27.1 Å². The van der Waals surface area contributed by atoms with Gasteiger partial charge in [0.1, 0.15) is 12.3 Å². The molecule has 1 heterocycles. The molecule has 13 heteroatoms. The fourth-order valence-corrected chi connectivity index (χ4v) is 6.00. The minimum atomic E-state index is -4.10. The number of nitrogens with zero attached hydrogens (tertiary/aromatic N) is 3. The van der Waals surface area contributed by atoms with Crippen LogP contribution < -0.4 is 19.1 Å². The van der Waals surface area contributed by atoms with Crippen LogP contribution in [-0.2, 0) is 24.8 Å². The summed E-state index contributed by atoms with van der Waals surface area (Å²) in [5, 5.41) is 2.62. The number of carbonyl (C=O) groups is 1. The molecule has 0 spiro atoms. The number of amides is 1. The lowest BCUT2D eigenvalue weighted by Gasteiger charge is -2.24. The topological polar surface area (TPSA) is 148 Å². The number of benzene rings is 3. The van der Waals surface area contributed by atoms with Crippen molar-refractivity contribution < 1.29 is 26.4 Å². The number of rotatable bonds is 10. The zero-order valence-corrected chi connectivity index (χ0v) is 23.5. The molecule has 11 nitrogen and oxygen atoms in total. The number of aromatic nitrogens is 2. The van der Waals surface area contributed by atoms with Gasteiger partial charge in [0.2, 0.25) is 11.9 Å². The number of anilines is 3. The molecule has 4 aromatic rings. The van der Waals surface area contributed by atoms with Crippen molar-refractivity contribution in [1.82, 2.24) is 9.97 Å². The van der Waals surface area contributed by atoms with Crippen LogP contribution in [0.25, 0.3) is 0 Å². The third-order valence-electron chi connectivity index (χ3n) is 5.73. The molecule has 0 fully saturated rings. The SMILES string of the molecule is COc1ccc(N(CC(=O)Nc2ccc(S(=O)(=O)Nc3nccc(C)n3)cc2)S(=O)(=O)c2ccc(C)cc2)cc1. The van der Waals surface area contributed by atoms with Crippen molar-refractivity contribution in [2.75, 3.05) is 28.0 Å². The normalized spacial score (nSPS) is 11.5. The maximum Gasteiger partial charge on any atom is 0.264 e. The maximum atomic E-state index is 13.5. The first kappa shape index (κ1) is 28.5. The van der Waals surface area contributed by atoms with Gasteiger partial charge in [0.15, 0.2) is 0 Å². The van der Waals surface area contributed by atoms with Gasteiger partial charge in [0.05, 0.1) is 22.6 Å². The van der Waals surface area contributed by atoms with Crippen molar-refractivity contribution in [3.63, 3.8) is 0 Å². The molecule has 0 atom stereocenters. The minimum absolute atomic E-state index is 0.0290. The van der Waals surface area contributed by atoms with E-state index >= 15 is 0 Å². The molecule has 1 aromatic heterocycles. The largest absolute Gasteiger partial charge is 0.497 e. The van der Waals surface area contributed by atoms with Crippen LogP contribution in [0.4, 0.5) is 17.3 Å². The Morgan fingerprint density at radius 3 is 2.08 bits per heavy atom. The zero-order valence-electron chi connectivity index (χ0n) is 21.9. The Balaban J connectivity index is 1.53. The molecule has 0 aliphatic heterocycles. The van der Waals surface area contributed by atoms with Crippen molar-refractivity contribution in [2.24, 2.45) is 0 Å². The summed E-state index contributed by atoms with van der Waals surface area (Å²) in [5.41, 5.74) is 2.03. The quantitative estimate of drug-likeness (QED) is 0.288. The van der Waals surface area contributed by atoms with Gasteiger partial charge in [0, 0.05) is 17.6 Å². The summed E-state index contributed by atoms with van der Waals surface area (Å²) < 4.78 is 61.0. The van der Waals surface area contributed by atoms with E-state index in [2.05, 4.69) is 20.0 Å². The number of aryl methyl sites for hydroxylation is 2. The van der Waals surface area contributed by atoms with Crippen LogP contribution in [-0.4, -0.2) is 46.4 Å². The molecule has 3 aromatic carbocycles. The predicted molar refractivity (Wildman–Crippen MR) is 151 cm³/mol. The fourth-order valence-electron chi connectivity index (χ4n) is 3.63. The number of ether oxygens (including phenoxy) is 1. The molecule has 40 heavy (non-hydrogen) atoms. The van der Waals surface area contributed by atoms with E-state index in [1.165, 1.54) is 49.7 Å². The first-order valence-corrected chi connectivity index (χ1v) is 14.9. The average Bonchev–Trinajstić information content (AvgIpc) is 2.92. The number of hydrogen-bond donors (Lipinski definition) is 2. The summed E-state index contributed by atoms with van der Waals surface area (Å²) in [4.78, 5) is 20.9. The molecule has 2 N–H and O–H groups in total. The zero-order chi connectivity index (χ0) is 28.9. The third-order valence-corrected chi connectivity index (χ3v) is 8.86. The predicted octanol–water partition coefficient (Wildman–Crippen LogP) is 3.74. The van der Waals surface area contributed by atoms with Crippen molar-refractivity contribution in [1.29, 1.82) is 0 Å². The smallest absolute Gasteiger partial charge is 0.264 e. The molecule has 208 valence electrons. The highest BCUT2D eigenvalue weighted by atomic mass is 32.2. The summed E-state index contributed by atoms with van der Waals surface area (Å²) in [5.74, 6) is -0.168. The van der Waals surface area contributed by atoms with Gasteiger partial charge < -0.3 is 10.1 Å². The summed E-state index contributed by atoms with van der Waals surface area (Å²) in [6.45, 7) is 3.02. The Morgan fingerprint density at radius 2 is 1.48 bits per heavy atom. The Labute approximate surface area is 233 Å². The highest BCUT2D eigenvalue weighted by Gasteiger charge is 2.27. The Morgan fingerprint density at radius 1 is 0.850 bits per heavy atom. The van der Waals surface area contributed by atoms with E-state index in [0.29, 0.717) is 11.4 Å². The molecule has 0 saturated carbocycles. The minimum Gasteiger partial charge on any atom is -0.497 e. The molecule has 0 aliphatic carbocycles. The highest BCUT2D eigenvalue weighted by Crippen LogP contribution is 2.26. The molecular formula is C27H27N5O6S2. The summed E-state index contributed by atoms with van der Waals surface area (Å²) in [7, 11) is -6.59. The van der Waals surface area contributed by atoms with E-state index in [1.54, 1.807) is 49.4 Å². The first-order chi connectivity index (χ1) is 19.0. The van der Waals surface area contributed by atoms with Gasteiger partial charge in [-0.25, -0.2) is 31.5 Å². The molecule has 0 radical (unpaired) electrons. The number of nitrogens with one attached hydrogen (secondary N) is 2. The molecule has 0 saturated heterocycles. The van der Waals surface area contributed by atoms with Crippen molar-refractivity contribution in [3.05, 3.63) is 96.3 Å². The molecule has 0 aliphatic rings. The number of methoxy groups -OCH3 is 1. The van der Waals surface area contributed by atoms with Gasteiger partial charge >= 0.3 is 0 Å². The van der Waals surface area contributed by atoms with Crippen molar-refractivity contribution in [3.8, 4) is 5.75 Å². The van der Waals surface area contributed by atoms with Crippen LogP contribution in [0.2, 0.25) is 0 Å². The van der Waals surface area contributed by atoms with E-state index in [4.69, 9.17) is 4.74 Å². The molecule has 0 bridgehead atoms. The van der Waals surface area contributed by atoms with Crippen LogP contribution >= 0.6 is 0 Å². The van der Waals surface area contributed by atoms with Crippen LogP contribution in [0.15, 0.2) is 94.9 Å². The van der Waals surface area contributed by atoms with Crippen LogP contribution in [0.5, 0.6) is 5.75 Å².